The molecule has 0 amide bonds. The molecule has 1 atom stereocenters. The van der Waals surface area contributed by atoms with Crippen molar-refractivity contribution in [3.8, 4) is 0 Å². The molecular weight excluding hydrogens is 237 g/mol. The molecule has 10 heavy (non-hydrogen) atoms. The third kappa shape index (κ3) is 1.42. The van der Waals surface area contributed by atoms with E-state index in [1.165, 1.54) is 3.58 Å². The van der Waals surface area contributed by atoms with Crippen LogP contribution in [0.1, 0.15) is 0 Å². The number of hydrogen-bond donors (Lipinski definition) is 0. The van der Waals surface area contributed by atoms with E-state index in [9.17, 15) is 0 Å². The first-order valence-corrected chi connectivity index (χ1v) is 4.22. The Balaban J connectivity index is 2.80. The summed E-state index contributed by atoms with van der Waals surface area (Å²) in [7, 11) is 2.05. The first-order valence-electron chi connectivity index (χ1n) is 3.14. The Labute approximate surface area is 75.2 Å². The lowest BCUT2D eigenvalue weighted by atomic mass is 10.2. The SMILES string of the molecule is C=CC1C(I)=CC=CN1C. The minimum Gasteiger partial charge on any atom is -0.370 e. The zero-order valence-corrected chi connectivity index (χ0v) is 8.08. The molecule has 0 saturated carbocycles. The van der Waals surface area contributed by atoms with Crippen LogP contribution in [0.4, 0.5) is 0 Å². The molecule has 0 aromatic rings. The first kappa shape index (κ1) is 7.85. The van der Waals surface area contributed by atoms with Crippen molar-refractivity contribution in [2.75, 3.05) is 7.05 Å². The molecule has 0 radical (unpaired) electrons. The van der Waals surface area contributed by atoms with Crippen molar-refractivity contribution in [3.05, 3.63) is 34.6 Å². The topological polar surface area (TPSA) is 3.24 Å². The van der Waals surface area contributed by atoms with Gasteiger partial charge < -0.3 is 4.90 Å². The van der Waals surface area contributed by atoms with Crippen molar-refractivity contribution >= 4 is 22.6 Å². The molecule has 1 aliphatic rings. The van der Waals surface area contributed by atoms with Gasteiger partial charge in [-0.2, -0.15) is 0 Å². The molecule has 0 bridgehead atoms. The predicted molar refractivity (Wildman–Crippen MR) is 53.0 cm³/mol. The summed E-state index contributed by atoms with van der Waals surface area (Å²) in [6.07, 6.45) is 8.14. The third-order valence-electron chi connectivity index (χ3n) is 1.52. The molecule has 0 aromatic heterocycles. The monoisotopic (exact) mass is 247 g/mol. The Kier molecular flexibility index (Phi) is 2.54. The third-order valence-corrected chi connectivity index (χ3v) is 2.52. The van der Waals surface area contributed by atoms with Gasteiger partial charge in [0.1, 0.15) is 0 Å². The van der Waals surface area contributed by atoms with E-state index in [1.807, 2.05) is 12.2 Å². The van der Waals surface area contributed by atoms with Gasteiger partial charge in [0.15, 0.2) is 0 Å². The molecular formula is C8H10IN. The van der Waals surface area contributed by atoms with Gasteiger partial charge in [-0.1, -0.05) is 6.08 Å². The highest BCUT2D eigenvalue weighted by Crippen LogP contribution is 2.20. The van der Waals surface area contributed by atoms with Gasteiger partial charge in [-0.15, -0.1) is 6.58 Å². The maximum atomic E-state index is 3.76. The number of hydrogen-bond acceptors (Lipinski definition) is 1. The second kappa shape index (κ2) is 3.23. The average Bonchev–Trinajstić information content (AvgIpc) is 1.88. The summed E-state index contributed by atoms with van der Waals surface area (Å²) in [5.41, 5.74) is 0. The zero-order chi connectivity index (χ0) is 7.56. The van der Waals surface area contributed by atoms with Crippen molar-refractivity contribution < 1.29 is 0 Å². The summed E-state index contributed by atoms with van der Waals surface area (Å²) >= 11 is 2.33. The van der Waals surface area contributed by atoms with E-state index >= 15 is 0 Å². The van der Waals surface area contributed by atoms with E-state index in [0.29, 0.717) is 6.04 Å². The van der Waals surface area contributed by atoms with Crippen LogP contribution in [0.25, 0.3) is 0 Å². The smallest absolute Gasteiger partial charge is 0.0772 e. The van der Waals surface area contributed by atoms with Gasteiger partial charge in [0.25, 0.3) is 0 Å². The molecule has 1 nitrogen and oxygen atoms in total. The summed E-state index contributed by atoms with van der Waals surface area (Å²) in [6.45, 7) is 3.76. The van der Waals surface area contributed by atoms with Crippen LogP contribution < -0.4 is 0 Å². The van der Waals surface area contributed by atoms with Gasteiger partial charge in [0, 0.05) is 10.6 Å². The highest BCUT2D eigenvalue weighted by atomic mass is 127. The maximum absolute atomic E-state index is 3.76. The fraction of sp³-hybridized carbons (Fsp3) is 0.250. The molecule has 0 spiro atoms. The predicted octanol–water partition coefficient (Wildman–Crippen LogP) is 2.32. The normalized spacial score (nSPS) is 24.4. The Hall–Kier alpha value is -0.250. The van der Waals surface area contributed by atoms with Crippen molar-refractivity contribution in [3.63, 3.8) is 0 Å². The van der Waals surface area contributed by atoms with Gasteiger partial charge in [-0.05, 0) is 40.9 Å². The fourth-order valence-electron chi connectivity index (χ4n) is 0.935. The van der Waals surface area contributed by atoms with E-state index in [4.69, 9.17) is 0 Å². The van der Waals surface area contributed by atoms with E-state index < -0.39 is 0 Å². The molecule has 1 rings (SSSR count). The first-order chi connectivity index (χ1) is 4.75. The van der Waals surface area contributed by atoms with Crippen LogP contribution in [0.2, 0.25) is 0 Å². The van der Waals surface area contributed by atoms with Crippen LogP contribution in [0.3, 0.4) is 0 Å². The molecule has 1 heterocycles. The van der Waals surface area contributed by atoms with E-state index in [0.717, 1.165) is 0 Å². The van der Waals surface area contributed by atoms with Crippen molar-refractivity contribution in [1.82, 2.24) is 4.90 Å². The van der Waals surface area contributed by atoms with Gasteiger partial charge in [0.2, 0.25) is 0 Å². The van der Waals surface area contributed by atoms with Gasteiger partial charge in [-0.3, -0.25) is 0 Å². The lowest BCUT2D eigenvalue weighted by Crippen LogP contribution is -2.26. The Morgan fingerprint density at radius 2 is 2.50 bits per heavy atom. The zero-order valence-electron chi connectivity index (χ0n) is 5.92. The molecule has 1 aliphatic heterocycles. The lowest BCUT2D eigenvalue weighted by Gasteiger charge is -2.25. The van der Waals surface area contributed by atoms with Gasteiger partial charge in [0.05, 0.1) is 6.04 Å². The van der Waals surface area contributed by atoms with Crippen molar-refractivity contribution in [2.45, 2.75) is 6.04 Å². The largest absolute Gasteiger partial charge is 0.370 e. The molecule has 0 fully saturated rings. The molecule has 1 unspecified atom stereocenters. The Morgan fingerprint density at radius 1 is 1.80 bits per heavy atom. The van der Waals surface area contributed by atoms with Crippen molar-refractivity contribution in [1.29, 1.82) is 0 Å². The van der Waals surface area contributed by atoms with Crippen LogP contribution in [0, 0.1) is 0 Å². The maximum Gasteiger partial charge on any atom is 0.0772 e. The minimum absolute atomic E-state index is 0.380. The number of halogens is 1. The van der Waals surface area contributed by atoms with E-state index in [2.05, 4.69) is 53.4 Å². The van der Waals surface area contributed by atoms with Crippen molar-refractivity contribution in [2.24, 2.45) is 0 Å². The standard InChI is InChI=1S/C8H10IN/c1-3-8-7(9)5-4-6-10(8)2/h3-6,8H,1H2,2H3. The minimum atomic E-state index is 0.380. The highest BCUT2D eigenvalue weighted by molar-refractivity contribution is 14.1. The number of nitrogens with zero attached hydrogens (tertiary/aromatic N) is 1. The van der Waals surface area contributed by atoms with Crippen LogP contribution >= 0.6 is 22.6 Å². The molecule has 0 N–H and O–H groups in total. The summed E-state index contributed by atoms with van der Waals surface area (Å²) in [5, 5.41) is 0. The number of allylic oxidation sites excluding steroid dienone is 2. The number of rotatable bonds is 1. The average molecular weight is 247 g/mol. The molecule has 2 heteroatoms. The molecule has 0 aliphatic carbocycles. The van der Waals surface area contributed by atoms with Crippen LogP contribution in [-0.4, -0.2) is 18.0 Å². The van der Waals surface area contributed by atoms with Crippen LogP contribution in [-0.2, 0) is 0 Å². The highest BCUT2D eigenvalue weighted by Gasteiger charge is 2.12. The molecule has 0 saturated heterocycles. The quantitative estimate of drug-likeness (QED) is 0.507. The summed E-state index contributed by atoms with van der Waals surface area (Å²) in [5.74, 6) is 0. The summed E-state index contributed by atoms with van der Waals surface area (Å²) in [4.78, 5) is 2.13. The van der Waals surface area contributed by atoms with E-state index in [-0.39, 0.29) is 0 Å². The fourth-order valence-corrected chi connectivity index (χ4v) is 1.84. The molecule has 0 aromatic carbocycles. The Morgan fingerprint density at radius 3 is 2.90 bits per heavy atom. The summed E-state index contributed by atoms with van der Waals surface area (Å²) in [6, 6.07) is 0.380. The molecule has 54 valence electrons. The second-order valence-corrected chi connectivity index (χ2v) is 3.48. The Bertz CT molecular complexity index is 193. The van der Waals surface area contributed by atoms with Crippen LogP contribution in [0.15, 0.2) is 34.6 Å². The summed E-state index contributed by atoms with van der Waals surface area (Å²) < 4.78 is 1.32. The van der Waals surface area contributed by atoms with Gasteiger partial charge in [-0.25, -0.2) is 0 Å². The lowest BCUT2D eigenvalue weighted by molar-refractivity contribution is 0.432. The van der Waals surface area contributed by atoms with Crippen LogP contribution in [0.5, 0.6) is 0 Å². The van der Waals surface area contributed by atoms with Gasteiger partial charge >= 0.3 is 0 Å². The number of likely N-dealkylation sites (N-methyl/N-ethyl adjacent to an activating group) is 1. The second-order valence-electron chi connectivity index (χ2n) is 2.24. The van der Waals surface area contributed by atoms with E-state index in [1.54, 1.807) is 0 Å².